The summed E-state index contributed by atoms with van der Waals surface area (Å²) in [4.78, 5) is 14.7. The van der Waals surface area contributed by atoms with Crippen molar-refractivity contribution in [2.45, 2.75) is 25.3 Å². The molecule has 0 saturated carbocycles. The van der Waals surface area contributed by atoms with Gasteiger partial charge in [0.25, 0.3) is 0 Å². The number of nitrogens with zero attached hydrogens (tertiary/aromatic N) is 1. The molecule has 0 spiro atoms. The third-order valence-electron chi connectivity index (χ3n) is 2.70. The summed E-state index contributed by atoms with van der Waals surface area (Å²) in [6, 6.07) is 0.618. The fourth-order valence-electron chi connectivity index (χ4n) is 1.81. The predicted octanol–water partition coefficient (Wildman–Crippen LogP) is 1.87. The van der Waals surface area contributed by atoms with E-state index in [1.54, 1.807) is 5.38 Å². The molecule has 4 nitrogen and oxygen atoms in total. The second-order valence-corrected chi connectivity index (χ2v) is 6.14. The van der Waals surface area contributed by atoms with Crippen molar-refractivity contribution in [3.05, 3.63) is 16.1 Å². The van der Waals surface area contributed by atoms with Gasteiger partial charge in [-0.3, -0.25) is 0 Å². The highest BCUT2D eigenvalue weighted by Crippen LogP contribution is 2.17. The minimum absolute atomic E-state index is 0.165. The molecule has 0 unspecified atom stereocenters. The third-order valence-corrected chi connectivity index (χ3v) is 4.83. The molecular formula is C11H16N2O2S2. The molecule has 2 rings (SSSR count). The Kier molecular flexibility index (Phi) is 4.82. The van der Waals surface area contributed by atoms with Gasteiger partial charge < -0.3 is 10.4 Å². The predicted molar refractivity (Wildman–Crippen MR) is 71.1 cm³/mol. The van der Waals surface area contributed by atoms with Gasteiger partial charge >= 0.3 is 5.97 Å². The molecule has 1 aromatic heterocycles. The summed E-state index contributed by atoms with van der Waals surface area (Å²) < 4.78 is 0. The van der Waals surface area contributed by atoms with Crippen LogP contribution < -0.4 is 5.32 Å². The van der Waals surface area contributed by atoms with Crippen molar-refractivity contribution in [1.29, 1.82) is 0 Å². The lowest BCUT2D eigenvalue weighted by Gasteiger charge is -2.22. The van der Waals surface area contributed by atoms with E-state index in [0.717, 1.165) is 18.0 Å². The van der Waals surface area contributed by atoms with Crippen LogP contribution in [-0.2, 0) is 6.42 Å². The van der Waals surface area contributed by atoms with Crippen molar-refractivity contribution in [1.82, 2.24) is 10.3 Å². The number of thiazole rings is 1. The second kappa shape index (κ2) is 6.37. The summed E-state index contributed by atoms with van der Waals surface area (Å²) in [6.45, 7) is 0.887. The molecule has 2 N–H and O–H groups in total. The first-order valence-corrected chi connectivity index (χ1v) is 7.78. The molecule has 0 bridgehead atoms. The van der Waals surface area contributed by atoms with Crippen molar-refractivity contribution in [3.63, 3.8) is 0 Å². The number of carboxylic acids is 1. The number of rotatable bonds is 5. The zero-order valence-corrected chi connectivity index (χ0v) is 11.1. The smallest absolute Gasteiger partial charge is 0.355 e. The van der Waals surface area contributed by atoms with Crippen LogP contribution >= 0.6 is 23.1 Å². The van der Waals surface area contributed by atoms with Gasteiger partial charge in [0, 0.05) is 30.1 Å². The maximum atomic E-state index is 10.7. The molecule has 94 valence electrons. The number of hydrogen-bond donors (Lipinski definition) is 2. The normalized spacial score (nSPS) is 20.4. The molecule has 0 aliphatic carbocycles. The molecule has 6 heteroatoms. The Balaban J connectivity index is 1.71. The van der Waals surface area contributed by atoms with Gasteiger partial charge in [-0.15, -0.1) is 11.3 Å². The number of thioether (sulfide) groups is 1. The van der Waals surface area contributed by atoms with Gasteiger partial charge in [-0.2, -0.15) is 11.8 Å². The van der Waals surface area contributed by atoms with E-state index in [0.29, 0.717) is 6.04 Å². The quantitative estimate of drug-likeness (QED) is 0.857. The average Bonchev–Trinajstić information content (AvgIpc) is 2.79. The van der Waals surface area contributed by atoms with Gasteiger partial charge in [-0.05, 0) is 18.6 Å². The molecule has 1 atom stereocenters. The SMILES string of the molecule is O=C(O)c1csc(CCN[C@@H]2CCCSC2)n1. The molecular weight excluding hydrogens is 256 g/mol. The van der Waals surface area contributed by atoms with E-state index in [1.807, 2.05) is 11.8 Å². The first-order valence-electron chi connectivity index (χ1n) is 5.74. The van der Waals surface area contributed by atoms with Crippen LogP contribution in [0.1, 0.15) is 28.3 Å². The van der Waals surface area contributed by atoms with E-state index in [4.69, 9.17) is 5.11 Å². The minimum Gasteiger partial charge on any atom is -0.476 e. The highest BCUT2D eigenvalue weighted by molar-refractivity contribution is 7.99. The highest BCUT2D eigenvalue weighted by atomic mass is 32.2. The largest absolute Gasteiger partial charge is 0.476 e. The first kappa shape index (κ1) is 12.9. The van der Waals surface area contributed by atoms with Crippen LogP contribution in [0.5, 0.6) is 0 Å². The highest BCUT2D eigenvalue weighted by Gasteiger charge is 2.13. The van der Waals surface area contributed by atoms with Crippen LogP contribution in [0.25, 0.3) is 0 Å². The Bertz CT molecular complexity index is 375. The standard InChI is InChI=1S/C11H16N2O2S2/c14-11(15)9-7-17-10(13-9)3-4-12-8-2-1-5-16-6-8/h7-8,12H,1-6H2,(H,14,15)/t8-/m1/s1. The van der Waals surface area contributed by atoms with Gasteiger partial charge in [0.05, 0.1) is 5.01 Å². The summed E-state index contributed by atoms with van der Waals surface area (Å²) in [6.07, 6.45) is 3.37. The summed E-state index contributed by atoms with van der Waals surface area (Å²) >= 11 is 3.43. The maximum absolute atomic E-state index is 10.7. The number of carboxylic acid groups (broad SMARTS) is 1. The van der Waals surface area contributed by atoms with E-state index in [-0.39, 0.29) is 5.69 Å². The Hall–Kier alpha value is -0.590. The Labute approximate surface area is 109 Å². The molecule has 1 saturated heterocycles. The molecule has 0 aromatic carbocycles. The van der Waals surface area contributed by atoms with Gasteiger partial charge in [-0.1, -0.05) is 0 Å². The van der Waals surface area contributed by atoms with Gasteiger partial charge in [0.15, 0.2) is 5.69 Å². The molecule has 1 aliphatic rings. The summed E-state index contributed by atoms with van der Waals surface area (Å²) in [5.74, 6) is 1.54. The Morgan fingerprint density at radius 2 is 2.53 bits per heavy atom. The lowest BCUT2D eigenvalue weighted by Crippen LogP contribution is -2.35. The Morgan fingerprint density at radius 1 is 1.65 bits per heavy atom. The van der Waals surface area contributed by atoms with Gasteiger partial charge in [0.1, 0.15) is 0 Å². The number of nitrogens with one attached hydrogen (secondary N) is 1. The van der Waals surface area contributed by atoms with Crippen molar-refractivity contribution >= 4 is 29.1 Å². The van der Waals surface area contributed by atoms with Crippen LogP contribution in [0, 0.1) is 0 Å². The van der Waals surface area contributed by atoms with Crippen molar-refractivity contribution in [2.75, 3.05) is 18.1 Å². The Morgan fingerprint density at radius 3 is 3.18 bits per heavy atom. The number of carbonyl (C=O) groups is 1. The minimum atomic E-state index is -0.941. The number of aromatic carboxylic acids is 1. The fraction of sp³-hybridized carbons (Fsp3) is 0.636. The summed E-state index contributed by atoms with van der Waals surface area (Å²) in [5, 5.41) is 14.8. The molecule has 1 fully saturated rings. The number of aromatic nitrogens is 1. The lowest BCUT2D eigenvalue weighted by atomic mass is 10.2. The lowest BCUT2D eigenvalue weighted by molar-refractivity contribution is 0.0691. The van der Waals surface area contributed by atoms with Crippen LogP contribution in [0.2, 0.25) is 0 Å². The van der Waals surface area contributed by atoms with Crippen LogP contribution in [0.3, 0.4) is 0 Å². The molecule has 2 heterocycles. The summed E-state index contributed by atoms with van der Waals surface area (Å²) in [5.41, 5.74) is 0.165. The van der Waals surface area contributed by atoms with Gasteiger partial charge in [-0.25, -0.2) is 9.78 Å². The zero-order valence-electron chi connectivity index (χ0n) is 9.52. The number of hydrogen-bond acceptors (Lipinski definition) is 5. The maximum Gasteiger partial charge on any atom is 0.355 e. The monoisotopic (exact) mass is 272 g/mol. The molecule has 1 aromatic rings. The van der Waals surface area contributed by atoms with E-state index >= 15 is 0 Å². The van der Waals surface area contributed by atoms with Crippen LogP contribution in [0.15, 0.2) is 5.38 Å². The second-order valence-electron chi connectivity index (χ2n) is 4.05. The molecule has 0 radical (unpaired) electrons. The zero-order chi connectivity index (χ0) is 12.1. The molecule has 17 heavy (non-hydrogen) atoms. The molecule has 0 amide bonds. The van der Waals surface area contributed by atoms with E-state index < -0.39 is 5.97 Å². The fourth-order valence-corrected chi connectivity index (χ4v) is 3.69. The summed E-state index contributed by atoms with van der Waals surface area (Å²) in [7, 11) is 0. The van der Waals surface area contributed by atoms with Gasteiger partial charge in [0.2, 0.25) is 0 Å². The topological polar surface area (TPSA) is 62.2 Å². The first-order chi connectivity index (χ1) is 8.25. The van der Waals surface area contributed by atoms with Crippen LogP contribution in [0.4, 0.5) is 0 Å². The average molecular weight is 272 g/mol. The van der Waals surface area contributed by atoms with E-state index in [1.165, 1.54) is 35.7 Å². The van der Waals surface area contributed by atoms with Crippen molar-refractivity contribution in [3.8, 4) is 0 Å². The van der Waals surface area contributed by atoms with E-state index in [2.05, 4.69) is 10.3 Å². The van der Waals surface area contributed by atoms with Crippen molar-refractivity contribution in [2.24, 2.45) is 0 Å². The van der Waals surface area contributed by atoms with Crippen molar-refractivity contribution < 1.29 is 9.90 Å². The van der Waals surface area contributed by atoms with Crippen LogP contribution in [-0.4, -0.2) is 40.2 Å². The molecule has 1 aliphatic heterocycles. The third kappa shape index (κ3) is 3.97. The van der Waals surface area contributed by atoms with E-state index in [9.17, 15) is 4.79 Å².